The summed E-state index contributed by atoms with van der Waals surface area (Å²) in [7, 11) is 0. The minimum absolute atomic E-state index is 0.161. The molecule has 1 saturated heterocycles. The third-order valence-corrected chi connectivity index (χ3v) is 9.29. The predicted octanol–water partition coefficient (Wildman–Crippen LogP) is 2.85. The molecule has 0 aromatic heterocycles. The van der Waals surface area contributed by atoms with E-state index in [1.54, 1.807) is 19.9 Å². The van der Waals surface area contributed by atoms with Crippen LogP contribution in [0.25, 0.3) is 0 Å². The Morgan fingerprint density at radius 3 is 2.62 bits per heavy atom. The van der Waals surface area contributed by atoms with E-state index < -0.39 is 59.0 Å². The predicted molar refractivity (Wildman–Crippen MR) is 118 cm³/mol. The Morgan fingerprint density at radius 2 is 1.94 bits per heavy atom. The van der Waals surface area contributed by atoms with Gasteiger partial charge in [0.05, 0.1) is 12.2 Å². The van der Waals surface area contributed by atoms with E-state index in [9.17, 15) is 19.5 Å². The second kappa shape index (κ2) is 7.31. The highest BCUT2D eigenvalue weighted by Gasteiger charge is 2.77. The van der Waals surface area contributed by atoms with Gasteiger partial charge in [-0.05, 0) is 62.7 Å². The fourth-order valence-electron chi connectivity index (χ4n) is 8.21. The number of halogens is 1. The number of carbonyl (C=O) groups is 3. The molecule has 0 amide bonds. The number of carbonyl (C=O) groups excluding carboxylic acids is 3. The first-order valence-corrected chi connectivity index (χ1v) is 12.1. The van der Waals surface area contributed by atoms with Gasteiger partial charge in [0, 0.05) is 23.7 Å². The number of fused-ring (bicyclic) bond motifs is 7. The first-order chi connectivity index (χ1) is 15.7. The summed E-state index contributed by atoms with van der Waals surface area (Å²) in [5, 5.41) is 11.6. The Kier molecular flexibility index (Phi) is 5.12. The fraction of sp³-hybridized carbons (Fsp3) is 0.731. The monoisotopic (exact) mass is 476 g/mol. The van der Waals surface area contributed by atoms with Crippen LogP contribution in [0, 0.1) is 28.6 Å². The van der Waals surface area contributed by atoms with E-state index in [0.29, 0.717) is 12.0 Å². The first kappa shape index (κ1) is 23.8. The molecule has 6 unspecified atom stereocenters. The Hall–Kier alpha value is -1.90. The van der Waals surface area contributed by atoms with Crippen LogP contribution in [0.4, 0.5) is 4.39 Å². The van der Waals surface area contributed by atoms with Crippen molar-refractivity contribution in [2.24, 2.45) is 28.6 Å². The van der Waals surface area contributed by atoms with Gasteiger partial charge < -0.3 is 19.3 Å². The number of ether oxygens (including phenoxy) is 3. The first-order valence-electron chi connectivity index (χ1n) is 12.1. The molecule has 3 saturated carbocycles. The lowest BCUT2D eigenvalue weighted by Crippen LogP contribution is -2.64. The summed E-state index contributed by atoms with van der Waals surface area (Å²) < 4.78 is 33.2. The quantitative estimate of drug-likeness (QED) is 0.626. The molecule has 1 heterocycles. The average molecular weight is 477 g/mol. The summed E-state index contributed by atoms with van der Waals surface area (Å²) in [6.07, 6.45) is 2.70. The van der Waals surface area contributed by atoms with Crippen molar-refractivity contribution < 1.29 is 38.1 Å². The largest absolute Gasteiger partial charge is 0.458 e. The minimum Gasteiger partial charge on any atom is -0.458 e. The molecule has 0 aromatic rings. The maximum Gasteiger partial charge on any atom is 0.303 e. The SMILES string of the molecule is CC(=O)OCC(=O)[C@@]12OC(C)(C)O[C@@H]1CC1C3C[C@H](F)C4=CC(=O)C=CC4(C)C3C(O)CC12C. The highest BCUT2D eigenvalue weighted by molar-refractivity contribution is 6.01. The molecular weight excluding hydrogens is 443 g/mol. The summed E-state index contributed by atoms with van der Waals surface area (Å²) in [6.45, 7) is 8.10. The molecule has 7 nitrogen and oxygen atoms in total. The Balaban J connectivity index is 1.58. The fourth-order valence-corrected chi connectivity index (χ4v) is 8.21. The Bertz CT molecular complexity index is 1020. The number of rotatable bonds is 3. The molecule has 0 bridgehead atoms. The van der Waals surface area contributed by atoms with Crippen LogP contribution >= 0.6 is 0 Å². The highest BCUT2D eigenvalue weighted by Crippen LogP contribution is 2.70. The van der Waals surface area contributed by atoms with Gasteiger partial charge in [0.2, 0.25) is 5.78 Å². The zero-order valence-corrected chi connectivity index (χ0v) is 20.3. The van der Waals surface area contributed by atoms with Gasteiger partial charge in [-0.3, -0.25) is 14.4 Å². The zero-order valence-electron chi connectivity index (χ0n) is 20.3. The lowest BCUT2D eigenvalue weighted by atomic mass is 9.46. The molecule has 0 spiro atoms. The standard InChI is InChI=1S/C26H33FO7/c1-13(28)32-12-20(31)26-21(33-23(2,3)34-26)10-16-15-9-18(27)17-8-14(29)6-7-24(17,4)22(15)19(30)11-25(16,26)5/h6-8,15-16,18-19,21-22,30H,9-12H2,1-5H3/t15?,16?,18-,19?,21+,22?,24?,25?,26+/m0/s1. The minimum atomic E-state index is -1.41. The van der Waals surface area contributed by atoms with Crippen molar-refractivity contribution in [3.8, 4) is 0 Å². The van der Waals surface area contributed by atoms with Crippen molar-refractivity contribution in [2.75, 3.05) is 6.61 Å². The van der Waals surface area contributed by atoms with Gasteiger partial charge in [-0.25, -0.2) is 4.39 Å². The van der Waals surface area contributed by atoms with Crippen molar-refractivity contribution in [1.29, 1.82) is 0 Å². The summed E-state index contributed by atoms with van der Waals surface area (Å²) in [6, 6.07) is 0. The summed E-state index contributed by atoms with van der Waals surface area (Å²) >= 11 is 0. The van der Waals surface area contributed by atoms with Crippen molar-refractivity contribution in [3.05, 3.63) is 23.8 Å². The molecule has 1 N–H and O–H groups in total. The number of hydrogen-bond acceptors (Lipinski definition) is 7. The molecule has 5 rings (SSSR count). The number of Topliss-reactive ketones (excluding diaryl/α,β-unsaturated/α-hetero) is 1. The van der Waals surface area contributed by atoms with Crippen LogP contribution in [0.1, 0.15) is 53.9 Å². The van der Waals surface area contributed by atoms with Gasteiger partial charge in [0.25, 0.3) is 0 Å². The average Bonchev–Trinajstić information content (AvgIpc) is 3.13. The van der Waals surface area contributed by atoms with Crippen LogP contribution in [0.15, 0.2) is 23.8 Å². The van der Waals surface area contributed by atoms with Crippen molar-refractivity contribution in [2.45, 2.75) is 83.6 Å². The smallest absolute Gasteiger partial charge is 0.303 e. The lowest BCUT2D eigenvalue weighted by Gasteiger charge is -2.60. The van der Waals surface area contributed by atoms with Crippen molar-refractivity contribution >= 4 is 17.5 Å². The molecular formula is C26H33FO7. The molecule has 186 valence electrons. The van der Waals surface area contributed by atoms with Crippen LogP contribution in [0.5, 0.6) is 0 Å². The molecule has 8 heteroatoms. The van der Waals surface area contributed by atoms with Gasteiger partial charge >= 0.3 is 5.97 Å². The molecule has 4 fully saturated rings. The molecule has 34 heavy (non-hydrogen) atoms. The van der Waals surface area contributed by atoms with E-state index in [4.69, 9.17) is 14.2 Å². The molecule has 9 atom stereocenters. The van der Waals surface area contributed by atoms with Crippen molar-refractivity contribution in [3.63, 3.8) is 0 Å². The number of allylic oxidation sites excluding steroid dienone is 4. The van der Waals surface area contributed by atoms with E-state index in [2.05, 4.69) is 0 Å². The van der Waals surface area contributed by atoms with E-state index in [1.165, 1.54) is 19.1 Å². The normalized spacial score (nSPS) is 48.3. The maximum atomic E-state index is 15.6. The molecule has 0 aromatic carbocycles. The van der Waals surface area contributed by atoms with Gasteiger partial charge in [-0.15, -0.1) is 0 Å². The zero-order chi connectivity index (χ0) is 24.8. The van der Waals surface area contributed by atoms with Gasteiger partial charge in [0.15, 0.2) is 23.8 Å². The van der Waals surface area contributed by atoms with Gasteiger partial charge in [-0.1, -0.05) is 19.9 Å². The lowest BCUT2D eigenvalue weighted by molar-refractivity contribution is -0.227. The van der Waals surface area contributed by atoms with Crippen LogP contribution in [0.3, 0.4) is 0 Å². The number of ketones is 2. The summed E-state index contributed by atoms with van der Waals surface area (Å²) in [5.74, 6) is -2.94. The van der Waals surface area contributed by atoms with E-state index in [0.717, 1.165) is 0 Å². The number of aliphatic hydroxyl groups excluding tert-OH is 1. The van der Waals surface area contributed by atoms with Crippen LogP contribution in [0.2, 0.25) is 0 Å². The number of alkyl halides is 1. The molecule has 5 aliphatic rings. The number of aliphatic hydroxyl groups is 1. The van der Waals surface area contributed by atoms with E-state index in [1.807, 2.05) is 13.8 Å². The second-order valence-electron chi connectivity index (χ2n) is 11.6. The van der Waals surface area contributed by atoms with E-state index in [-0.39, 0.29) is 36.4 Å². The maximum absolute atomic E-state index is 15.6. The Morgan fingerprint density at radius 1 is 1.24 bits per heavy atom. The summed E-state index contributed by atoms with van der Waals surface area (Å²) in [5.41, 5.74) is -2.63. The third-order valence-electron chi connectivity index (χ3n) is 9.29. The summed E-state index contributed by atoms with van der Waals surface area (Å²) in [4.78, 5) is 37.1. The van der Waals surface area contributed by atoms with Crippen LogP contribution in [-0.4, -0.2) is 59.0 Å². The second-order valence-corrected chi connectivity index (χ2v) is 11.6. The van der Waals surface area contributed by atoms with Crippen LogP contribution in [-0.2, 0) is 28.6 Å². The topological polar surface area (TPSA) is 99.1 Å². The van der Waals surface area contributed by atoms with Gasteiger partial charge in [0.1, 0.15) is 6.17 Å². The van der Waals surface area contributed by atoms with Crippen LogP contribution < -0.4 is 0 Å². The van der Waals surface area contributed by atoms with Gasteiger partial charge in [-0.2, -0.15) is 0 Å². The number of esters is 1. The van der Waals surface area contributed by atoms with E-state index >= 15 is 4.39 Å². The molecule has 4 aliphatic carbocycles. The Labute approximate surface area is 198 Å². The molecule has 1 aliphatic heterocycles. The van der Waals surface area contributed by atoms with Crippen molar-refractivity contribution in [1.82, 2.24) is 0 Å². The highest BCUT2D eigenvalue weighted by atomic mass is 19.1. The molecule has 0 radical (unpaired) electrons. The third kappa shape index (κ3) is 3.00. The number of hydrogen-bond donors (Lipinski definition) is 1.